The third kappa shape index (κ3) is 2.64. The quantitative estimate of drug-likeness (QED) is 0.941. The average Bonchev–Trinajstić information content (AvgIpc) is 3.27. The number of hydrogen-bond acceptors (Lipinski definition) is 4. The van der Waals surface area contributed by atoms with Crippen LogP contribution in [0.25, 0.3) is 0 Å². The largest absolute Gasteiger partial charge is 0.387 e. The van der Waals surface area contributed by atoms with E-state index in [0.29, 0.717) is 12.1 Å². The molecular formula is C18H15F2N3O. The van der Waals surface area contributed by atoms with Crippen LogP contribution in [0.4, 0.5) is 8.78 Å². The monoisotopic (exact) mass is 327 g/mol. The van der Waals surface area contributed by atoms with Gasteiger partial charge in [0.2, 0.25) is 0 Å². The number of amidine groups is 1. The zero-order valence-electron chi connectivity index (χ0n) is 12.8. The van der Waals surface area contributed by atoms with E-state index in [1.807, 2.05) is 24.3 Å². The van der Waals surface area contributed by atoms with E-state index in [4.69, 9.17) is 4.84 Å². The lowest BCUT2D eigenvalue weighted by Crippen LogP contribution is -2.19. The topological polar surface area (TPSA) is 46.0 Å². The molecule has 0 bridgehead atoms. The minimum atomic E-state index is -0.734. The molecule has 0 amide bonds. The van der Waals surface area contributed by atoms with Crippen LogP contribution in [-0.4, -0.2) is 24.6 Å². The van der Waals surface area contributed by atoms with Gasteiger partial charge in [0.1, 0.15) is 17.5 Å². The van der Waals surface area contributed by atoms with E-state index in [0.717, 1.165) is 30.1 Å². The van der Waals surface area contributed by atoms with Crippen molar-refractivity contribution >= 4 is 11.5 Å². The van der Waals surface area contributed by atoms with Crippen LogP contribution in [0.2, 0.25) is 0 Å². The molecule has 1 unspecified atom stereocenters. The predicted molar refractivity (Wildman–Crippen MR) is 87.2 cm³/mol. The number of hydrogen-bond donors (Lipinski definition) is 1. The van der Waals surface area contributed by atoms with Gasteiger partial charge in [-0.1, -0.05) is 35.5 Å². The second-order valence-electron chi connectivity index (χ2n) is 5.71. The van der Waals surface area contributed by atoms with Crippen molar-refractivity contribution in [2.45, 2.75) is 12.5 Å². The smallest absolute Gasteiger partial charge is 0.163 e. The Kier molecular flexibility index (Phi) is 3.72. The fraction of sp³-hybridized carbons (Fsp3) is 0.222. The van der Waals surface area contributed by atoms with Crippen LogP contribution < -0.4 is 5.32 Å². The van der Waals surface area contributed by atoms with Crippen LogP contribution in [0.5, 0.6) is 0 Å². The Balaban J connectivity index is 1.52. The first-order valence-corrected chi connectivity index (χ1v) is 7.78. The van der Waals surface area contributed by atoms with Gasteiger partial charge in [-0.2, -0.15) is 0 Å². The molecule has 1 N–H and O–H groups in total. The molecule has 2 aromatic rings. The van der Waals surface area contributed by atoms with Gasteiger partial charge in [0, 0.05) is 18.5 Å². The lowest BCUT2D eigenvalue weighted by molar-refractivity contribution is 0.0800. The summed E-state index contributed by atoms with van der Waals surface area (Å²) in [6.07, 6.45) is -0.405. The van der Waals surface area contributed by atoms with Gasteiger partial charge in [0.15, 0.2) is 6.10 Å². The SMILES string of the molecule is Fc1cccc(F)c1C1CC(c2ccc(C3=NCCN3)cc2)=NO1. The highest BCUT2D eigenvalue weighted by Gasteiger charge is 2.29. The number of benzene rings is 2. The molecule has 0 spiro atoms. The van der Waals surface area contributed by atoms with E-state index in [1.54, 1.807) is 0 Å². The van der Waals surface area contributed by atoms with Crippen LogP contribution in [0.3, 0.4) is 0 Å². The highest BCUT2D eigenvalue weighted by atomic mass is 19.1. The number of aliphatic imine (C=N–C) groups is 1. The molecule has 0 saturated carbocycles. The Morgan fingerprint density at radius 3 is 2.38 bits per heavy atom. The molecule has 0 aliphatic carbocycles. The Morgan fingerprint density at radius 1 is 1.00 bits per heavy atom. The van der Waals surface area contributed by atoms with E-state index in [1.165, 1.54) is 18.2 Å². The molecular weight excluding hydrogens is 312 g/mol. The molecule has 4 rings (SSSR count). The normalized spacial score (nSPS) is 19.5. The zero-order chi connectivity index (χ0) is 16.5. The minimum absolute atomic E-state index is 0.0719. The first kappa shape index (κ1) is 14.8. The Labute approximate surface area is 137 Å². The van der Waals surface area contributed by atoms with Gasteiger partial charge in [-0.3, -0.25) is 4.99 Å². The van der Waals surface area contributed by atoms with Crippen LogP contribution in [0.15, 0.2) is 52.6 Å². The van der Waals surface area contributed by atoms with E-state index in [2.05, 4.69) is 15.5 Å². The van der Waals surface area contributed by atoms with Crippen LogP contribution >= 0.6 is 0 Å². The van der Waals surface area contributed by atoms with Crippen molar-refractivity contribution < 1.29 is 13.6 Å². The first-order chi connectivity index (χ1) is 11.7. The summed E-state index contributed by atoms with van der Waals surface area (Å²) in [6, 6.07) is 11.5. The lowest BCUT2D eigenvalue weighted by atomic mass is 9.99. The molecule has 0 fully saturated rings. The van der Waals surface area contributed by atoms with Gasteiger partial charge in [-0.25, -0.2) is 8.78 Å². The maximum absolute atomic E-state index is 13.9. The molecule has 2 heterocycles. The van der Waals surface area contributed by atoms with E-state index in [-0.39, 0.29) is 5.56 Å². The molecule has 0 radical (unpaired) electrons. The number of nitrogens with zero attached hydrogens (tertiary/aromatic N) is 2. The van der Waals surface area contributed by atoms with Gasteiger partial charge in [0.25, 0.3) is 0 Å². The molecule has 24 heavy (non-hydrogen) atoms. The summed E-state index contributed by atoms with van der Waals surface area (Å²) in [5.74, 6) is -0.341. The predicted octanol–water partition coefficient (Wildman–Crippen LogP) is 3.18. The summed E-state index contributed by atoms with van der Waals surface area (Å²) in [7, 11) is 0. The number of oxime groups is 1. The van der Waals surface area contributed by atoms with Gasteiger partial charge in [0.05, 0.1) is 17.8 Å². The molecule has 2 aromatic carbocycles. The van der Waals surface area contributed by atoms with Gasteiger partial charge in [-0.15, -0.1) is 0 Å². The Hall–Kier alpha value is -2.76. The van der Waals surface area contributed by atoms with Crippen LogP contribution in [0.1, 0.15) is 29.2 Å². The molecule has 1 atom stereocenters. The number of rotatable bonds is 3. The van der Waals surface area contributed by atoms with Gasteiger partial charge < -0.3 is 10.2 Å². The maximum Gasteiger partial charge on any atom is 0.163 e. The van der Waals surface area contributed by atoms with E-state index < -0.39 is 17.7 Å². The third-order valence-corrected chi connectivity index (χ3v) is 4.16. The van der Waals surface area contributed by atoms with Crippen LogP contribution in [0, 0.1) is 11.6 Å². The molecule has 122 valence electrons. The fourth-order valence-electron chi connectivity index (χ4n) is 2.93. The van der Waals surface area contributed by atoms with E-state index >= 15 is 0 Å². The fourth-order valence-corrected chi connectivity index (χ4v) is 2.93. The number of nitrogens with one attached hydrogen (secondary N) is 1. The lowest BCUT2D eigenvalue weighted by Gasteiger charge is -2.10. The average molecular weight is 327 g/mol. The van der Waals surface area contributed by atoms with Crippen molar-refractivity contribution in [3.8, 4) is 0 Å². The second-order valence-corrected chi connectivity index (χ2v) is 5.71. The Morgan fingerprint density at radius 2 is 1.71 bits per heavy atom. The maximum atomic E-state index is 13.9. The van der Waals surface area contributed by atoms with Crippen molar-refractivity contribution in [2.75, 3.05) is 13.1 Å². The highest BCUT2D eigenvalue weighted by molar-refractivity contribution is 6.03. The molecule has 0 saturated heterocycles. The first-order valence-electron chi connectivity index (χ1n) is 7.78. The van der Waals surface area contributed by atoms with Gasteiger partial charge in [-0.05, 0) is 17.7 Å². The molecule has 6 heteroatoms. The zero-order valence-corrected chi connectivity index (χ0v) is 12.8. The third-order valence-electron chi connectivity index (χ3n) is 4.16. The standard InChI is InChI=1S/C18H15F2N3O/c19-13-2-1-3-14(20)17(13)16-10-15(23-24-16)11-4-6-12(7-5-11)18-21-8-9-22-18/h1-7,16H,8-10H2,(H,21,22). The van der Waals surface area contributed by atoms with Crippen molar-refractivity contribution in [1.82, 2.24) is 5.32 Å². The summed E-state index contributed by atoms with van der Waals surface area (Å²) < 4.78 is 27.7. The summed E-state index contributed by atoms with van der Waals surface area (Å²) in [4.78, 5) is 9.64. The molecule has 2 aliphatic rings. The van der Waals surface area contributed by atoms with Crippen molar-refractivity contribution in [3.63, 3.8) is 0 Å². The van der Waals surface area contributed by atoms with Crippen molar-refractivity contribution in [1.29, 1.82) is 0 Å². The minimum Gasteiger partial charge on any atom is -0.387 e. The van der Waals surface area contributed by atoms with E-state index in [9.17, 15) is 8.78 Å². The summed E-state index contributed by atoms with van der Waals surface area (Å²) in [5, 5.41) is 7.23. The van der Waals surface area contributed by atoms with Crippen molar-refractivity contribution in [2.24, 2.45) is 10.1 Å². The molecule has 0 aromatic heterocycles. The van der Waals surface area contributed by atoms with Crippen molar-refractivity contribution in [3.05, 3.63) is 70.8 Å². The molecule has 4 nitrogen and oxygen atoms in total. The van der Waals surface area contributed by atoms with Crippen LogP contribution in [-0.2, 0) is 4.84 Å². The summed E-state index contributed by atoms with van der Waals surface area (Å²) in [6.45, 7) is 1.64. The highest BCUT2D eigenvalue weighted by Crippen LogP contribution is 2.32. The number of halogens is 2. The van der Waals surface area contributed by atoms with Gasteiger partial charge >= 0.3 is 0 Å². The summed E-state index contributed by atoms with van der Waals surface area (Å²) >= 11 is 0. The summed E-state index contributed by atoms with van der Waals surface area (Å²) in [5.41, 5.74) is 2.48. The molecule has 2 aliphatic heterocycles. The second kappa shape index (κ2) is 6.03. The Bertz CT molecular complexity index is 810.